The van der Waals surface area contributed by atoms with E-state index in [4.69, 9.17) is 0 Å². The average molecular weight is 468 g/mol. The molecule has 6 nitrogen and oxygen atoms in total. The van der Waals surface area contributed by atoms with Gasteiger partial charge in [0.2, 0.25) is 10.0 Å². The number of carbonyl (C=O) groups excluding carboxylic acids is 1. The van der Waals surface area contributed by atoms with Crippen molar-refractivity contribution in [1.82, 2.24) is 14.1 Å². The minimum absolute atomic E-state index is 0.0755. The van der Waals surface area contributed by atoms with E-state index in [0.717, 1.165) is 31.4 Å². The number of fused-ring (bicyclic) bond motifs is 1. The van der Waals surface area contributed by atoms with Crippen LogP contribution in [0.3, 0.4) is 0 Å². The summed E-state index contributed by atoms with van der Waals surface area (Å²) in [5.74, 6) is 0. The van der Waals surface area contributed by atoms with E-state index in [1.165, 1.54) is 23.1 Å². The Morgan fingerprint density at radius 3 is 2.30 bits per heavy atom. The molecule has 33 heavy (non-hydrogen) atoms. The van der Waals surface area contributed by atoms with Crippen LogP contribution in [0.2, 0.25) is 0 Å². The first kappa shape index (κ1) is 22.4. The van der Waals surface area contributed by atoms with Gasteiger partial charge in [-0.2, -0.15) is 4.31 Å². The number of urea groups is 1. The second-order valence-corrected chi connectivity index (χ2v) is 11.6. The Morgan fingerprint density at radius 1 is 0.879 bits per heavy atom. The number of carbonyl (C=O) groups is 1. The highest BCUT2D eigenvalue weighted by Gasteiger charge is 2.37. The number of rotatable bonds is 5. The number of amides is 2. The molecule has 2 amide bonds. The summed E-state index contributed by atoms with van der Waals surface area (Å²) in [4.78, 5) is 17.3. The van der Waals surface area contributed by atoms with Gasteiger partial charge in [-0.05, 0) is 74.3 Å². The number of piperidine rings is 1. The summed E-state index contributed by atoms with van der Waals surface area (Å²) in [6.07, 6.45) is 5.71. The molecule has 3 aliphatic rings. The van der Waals surface area contributed by atoms with Crippen LogP contribution in [0.1, 0.15) is 47.9 Å². The molecule has 0 atom stereocenters. The summed E-state index contributed by atoms with van der Waals surface area (Å²) in [6, 6.07) is 14.2. The molecular formula is C26H33N3O3S. The van der Waals surface area contributed by atoms with Gasteiger partial charge in [0.25, 0.3) is 0 Å². The monoisotopic (exact) mass is 467 g/mol. The summed E-state index contributed by atoms with van der Waals surface area (Å²) >= 11 is 0. The standard InChI is InChI=1S/C26H33N3O3S/c1-20-6-8-21(9-7-20)19-27-16-17-29(26(27)30)24-12-14-28(15-13-24)33(31,32)25-11-10-22-4-2-3-5-23(22)18-25/h6-11,18,24H,2-5,12-17,19H2,1H3. The Labute approximate surface area is 197 Å². The molecule has 176 valence electrons. The lowest BCUT2D eigenvalue weighted by atomic mass is 9.92. The zero-order valence-corrected chi connectivity index (χ0v) is 20.2. The van der Waals surface area contributed by atoms with Crippen LogP contribution in [0.5, 0.6) is 0 Å². The molecule has 2 aromatic carbocycles. The molecule has 2 heterocycles. The quantitative estimate of drug-likeness (QED) is 0.669. The van der Waals surface area contributed by atoms with Gasteiger partial charge >= 0.3 is 6.03 Å². The molecule has 2 aromatic rings. The highest BCUT2D eigenvalue weighted by atomic mass is 32.2. The van der Waals surface area contributed by atoms with E-state index in [2.05, 4.69) is 31.2 Å². The fourth-order valence-corrected chi connectivity index (χ4v) is 6.94. The van der Waals surface area contributed by atoms with E-state index in [1.54, 1.807) is 10.4 Å². The van der Waals surface area contributed by atoms with Crippen LogP contribution in [0, 0.1) is 6.92 Å². The normalized spacial score (nSPS) is 20.3. The fraction of sp³-hybridized carbons (Fsp3) is 0.500. The smallest absolute Gasteiger partial charge is 0.320 e. The van der Waals surface area contributed by atoms with Gasteiger partial charge in [0.05, 0.1) is 4.90 Å². The van der Waals surface area contributed by atoms with Gasteiger partial charge in [-0.15, -0.1) is 0 Å². The van der Waals surface area contributed by atoms with Gasteiger partial charge in [0.1, 0.15) is 0 Å². The van der Waals surface area contributed by atoms with Crippen molar-refractivity contribution in [2.24, 2.45) is 0 Å². The number of benzene rings is 2. The van der Waals surface area contributed by atoms with E-state index >= 15 is 0 Å². The topological polar surface area (TPSA) is 60.9 Å². The predicted octanol–water partition coefficient (Wildman–Crippen LogP) is 3.96. The number of nitrogens with zero attached hydrogens (tertiary/aromatic N) is 3. The van der Waals surface area contributed by atoms with E-state index in [0.29, 0.717) is 43.9 Å². The van der Waals surface area contributed by atoms with Crippen molar-refractivity contribution in [1.29, 1.82) is 0 Å². The molecule has 2 fully saturated rings. The van der Waals surface area contributed by atoms with Crippen LogP contribution < -0.4 is 0 Å². The third-order valence-corrected chi connectivity index (χ3v) is 9.34. The third kappa shape index (κ3) is 4.53. The van der Waals surface area contributed by atoms with E-state index in [-0.39, 0.29) is 12.1 Å². The summed E-state index contributed by atoms with van der Waals surface area (Å²) in [7, 11) is -3.49. The van der Waals surface area contributed by atoms with Crippen molar-refractivity contribution in [3.8, 4) is 0 Å². The van der Waals surface area contributed by atoms with Crippen LogP contribution in [-0.4, -0.2) is 60.8 Å². The lowest BCUT2D eigenvalue weighted by Crippen LogP contribution is -2.48. The van der Waals surface area contributed by atoms with Crippen LogP contribution in [0.25, 0.3) is 0 Å². The maximum Gasteiger partial charge on any atom is 0.320 e. The number of aryl methyl sites for hydroxylation is 3. The second-order valence-electron chi connectivity index (χ2n) is 9.66. The van der Waals surface area contributed by atoms with Gasteiger partial charge in [0, 0.05) is 38.8 Å². The van der Waals surface area contributed by atoms with Crippen molar-refractivity contribution >= 4 is 16.1 Å². The minimum Gasteiger partial charge on any atom is -0.320 e. The van der Waals surface area contributed by atoms with Gasteiger partial charge in [-0.1, -0.05) is 35.9 Å². The van der Waals surface area contributed by atoms with Gasteiger partial charge < -0.3 is 9.80 Å². The van der Waals surface area contributed by atoms with Gasteiger partial charge in [-0.3, -0.25) is 0 Å². The predicted molar refractivity (Wildman–Crippen MR) is 129 cm³/mol. The molecule has 0 bridgehead atoms. The number of hydrogen-bond donors (Lipinski definition) is 0. The van der Waals surface area contributed by atoms with E-state index in [1.807, 2.05) is 21.9 Å². The fourth-order valence-electron chi connectivity index (χ4n) is 5.41. The van der Waals surface area contributed by atoms with Crippen molar-refractivity contribution in [3.05, 3.63) is 64.7 Å². The van der Waals surface area contributed by atoms with Crippen molar-refractivity contribution in [2.75, 3.05) is 26.2 Å². The summed E-state index contributed by atoms with van der Waals surface area (Å²) in [5.41, 5.74) is 4.84. The molecule has 0 spiro atoms. The summed E-state index contributed by atoms with van der Waals surface area (Å²) < 4.78 is 28.2. The Hall–Kier alpha value is -2.38. The molecule has 2 aliphatic heterocycles. The molecule has 0 unspecified atom stereocenters. The first-order valence-electron chi connectivity index (χ1n) is 12.1. The highest BCUT2D eigenvalue weighted by molar-refractivity contribution is 7.89. The highest BCUT2D eigenvalue weighted by Crippen LogP contribution is 2.29. The van der Waals surface area contributed by atoms with Gasteiger partial charge in [-0.25, -0.2) is 13.2 Å². The average Bonchev–Trinajstić information content (AvgIpc) is 3.20. The van der Waals surface area contributed by atoms with Gasteiger partial charge in [0.15, 0.2) is 0 Å². The van der Waals surface area contributed by atoms with E-state index in [9.17, 15) is 13.2 Å². The van der Waals surface area contributed by atoms with Crippen LogP contribution in [-0.2, 0) is 29.4 Å². The lowest BCUT2D eigenvalue weighted by Gasteiger charge is -2.36. The van der Waals surface area contributed by atoms with Crippen LogP contribution >= 0.6 is 0 Å². The molecule has 0 saturated carbocycles. The van der Waals surface area contributed by atoms with Crippen molar-refractivity contribution in [3.63, 3.8) is 0 Å². The Balaban J connectivity index is 1.20. The first-order valence-corrected chi connectivity index (χ1v) is 13.6. The molecule has 1 aliphatic carbocycles. The largest absolute Gasteiger partial charge is 0.320 e. The molecule has 2 saturated heterocycles. The van der Waals surface area contributed by atoms with Crippen LogP contribution in [0.4, 0.5) is 4.79 Å². The Bertz CT molecular complexity index is 1120. The second kappa shape index (κ2) is 9.11. The summed E-state index contributed by atoms with van der Waals surface area (Å²) in [5, 5.41) is 0. The molecule has 7 heteroatoms. The summed E-state index contributed by atoms with van der Waals surface area (Å²) in [6.45, 7) is 5.05. The zero-order chi connectivity index (χ0) is 23.0. The molecule has 0 N–H and O–H groups in total. The number of hydrogen-bond acceptors (Lipinski definition) is 3. The zero-order valence-electron chi connectivity index (χ0n) is 19.4. The SMILES string of the molecule is Cc1ccc(CN2CCN(C3CCN(S(=O)(=O)c4ccc5c(c4)CCCC5)CC3)C2=O)cc1. The molecule has 0 aromatic heterocycles. The Morgan fingerprint density at radius 2 is 1.58 bits per heavy atom. The minimum atomic E-state index is -3.49. The Kier molecular flexibility index (Phi) is 6.18. The molecular weight excluding hydrogens is 434 g/mol. The number of sulfonamides is 1. The molecule has 0 radical (unpaired) electrons. The van der Waals surface area contributed by atoms with Crippen molar-refractivity contribution in [2.45, 2.75) is 62.9 Å². The molecule has 5 rings (SSSR count). The van der Waals surface area contributed by atoms with E-state index < -0.39 is 10.0 Å². The lowest BCUT2D eigenvalue weighted by molar-refractivity contribution is 0.153. The first-order chi connectivity index (χ1) is 15.9. The van der Waals surface area contributed by atoms with Crippen molar-refractivity contribution < 1.29 is 13.2 Å². The maximum absolute atomic E-state index is 13.3. The maximum atomic E-state index is 13.3. The van der Waals surface area contributed by atoms with Crippen LogP contribution in [0.15, 0.2) is 47.4 Å². The third-order valence-electron chi connectivity index (χ3n) is 7.44.